The van der Waals surface area contributed by atoms with Crippen molar-refractivity contribution in [1.29, 1.82) is 0 Å². The first-order valence-corrected chi connectivity index (χ1v) is 14.8. The van der Waals surface area contributed by atoms with Crippen molar-refractivity contribution in [2.24, 2.45) is 0 Å². The SMILES string of the molecule is CCCNC(=O)[C@H](C)N(Cc1cccc(C)c1)C(=O)CN(c1cc(Cl)ccc1Cl)S(=O)(=O)c1ccc(C)cc1. The Kier molecular flexibility index (Phi) is 10.4. The van der Waals surface area contributed by atoms with Crippen LogP contribution in [-0.4, -0.2) is 44.3 Å². The van der Waals surface area contributed by atoms with E-state index in [1.165, 1.54) is 35.2 Å². The third-order valence-corrected chi connectivity index (χ3v) is 8.55. The van der Waals surface area contributed by atoms with E-state index in [1.807, 2.05) is 45.0 Å². The predicted octanol–water partition coefficient (Wildman–Crippen LogP) is 5.75. The van der Waals surface area contributed by atoms with E-state index in [2.05, 4.69) is 5.32 Å². The molecule has 0 radical (unpaired) electrons. The molecule has 0 unspecified atom stereocenters. The summed E-state index contributed by atoms with van der Waals surface area (Å²) in [7, 11) is -4.24. The van der Waals surface area contributed by atoms with E-state index in [4.69, 9.17) is 23.2 Å². The summed E-state index contributed by atoms with van der Waals surface area (Å²) in [5, 5.41) is 3.20. The molecule has 3 rings (SSSR count). The minimum absolute atomic E-state index is 0.00378. The van der Waals surface area contributed by atoms with E-state index in [-0.39, 0.29) is 33.1 Å². The number of carbonyl (C=O) groups excluding carboxylic acids is 2. The molecule has 1 atom stereocenters. The molecule has 39 heavy (non-hydrogen) atoms. The Morgan fingerprint density at radius 1 is 0.949 bits per heavy atom. The third-order valence-electron chi connectivity index (χ3n) is 6.22. The molecule has 0 aromatic heterocycles. The molecule has 3 aromatic carbocycles. The maximum atomic E-state index is 13.9. The van der Waals surface area contributed by atoms with E-state index in [9.17, 15) is 18.0 Å². The third kappa shape index (κ3) is 7.75. The van der Waals surface area contributed by atoms with E-state index >= 15 is 0 Å². The van der Waals surface area contributed by atoms with Crippen LogP contribution < -0.4 is 9.62 Å². The van der Waals surface area contributed by atoms with Crippen LogP contribution in [0.4, 0.5) is 5.69 Å². The average Bonchev–Trinajstić information content (AvgIpc) is 2.90. The number of aryl methyl sites for hydroxylation is 2. The largest absolute Gasteiger partial charge is 0.354 e. The number of benzene rings is 3. The Balaban J connectivity index is 2.06. The standard InChI is InChI=1S/C29H33Cl2N3O4S/c1-5-15-32-29(36)22(4)33(18-23-8-6-7-21(3)16-23)28(35)19-34(27-17-24(30)11-14-26(27)31)39(37,38)25-12-9-20(2)10-13-25/h6-14,16-17,22H,5,15,18-19H2,1-4H3,(H,32,36)/t22-/m0/s1. The molecule has 0 saturated heterocycles. The molecule has 0 spiro atoms. The van der Waals surface area contributed by atoms with Gasteiger partial charge in [-0.2, -0.15) is 0 Å². The number of halogens is 2. The number of nitrogens with zero attached hydrogens (tertiary/aromatic N) is 2. The minimum atomic E-state index is -4.24. The van der Waals surface area contributed by atoms with Gasteiger partial charge in [-0.05, 0) is 63.1 Å². The fourth-order valence-electron chi connectivity index (χ4n) is 4.01. The molecule has 0 saturated carbocycles. The highest BCUT2D eigenvalue weighted by molar-refractivity contribution is 7.92. The van der Waals surface area contributed by atoms with E-state index < -0.39 is 28.5 Å². The highest BCUT2D eigenvalue weighted by Gasteiger charge is 2.33. The van der Waals surface area contributed by atoms with Gasteiger partial charge < -0.3 is 10.2 Å². The lowest BCUT2D eigenvalue weighted by atomic mass is 10.1. The summed E-state index contributed by atoms with van der Waals surface area (Å²) in [5.74, 6) is -0.894. The zero-order valence-corrected chi connectivity index (χ0v) is 24.8. The van der Waals surface area contributed by atoms with Gasteiger partial charge >= 0.3 is 0 Å². The Morgan fingerprint density at radius 3 is 2.28 bits per heavy atom. The Hall–Kier alpha value is -3.07. The van der Waals surface area contributed by atoms with Crippen molar-refractivity contribution in [3.8, 4) is 0 Å². The van der Waals surface area contributed by atoms with Gasteiger partial charge in [0.15, 0.2) is 0 Å². The van der Waals surface area contributed by atoms with Gasteiger partial charge in [-0.15, -0.1) is 0 Å². The van der Waals surface area contributed by atoms with Crippen LogP contribution in [0.3, 0.4) is 0 Å². The van der Waals surface area contributed by atoms with E-state index in [0.717, 1.165) is 27.4 Å². The number of rotatable bonds is 11. The highest BCUT2D eigenvalue weighted by Crippen LogP contribution is 2.33. The smallest absolute Gasteiger partial charge is 0.264 e. The fourth-order valence-corrected chi connectivity index (χ4v) is 5.87. The summed E-state index contributed by atoms with van der Waals surface area (Å²) in [5.41, 5.74) is 2.76. The molecular formula is C29H33Cl2N3O4S. The van der Waals surface area contributed by atoms with Crippen molar-refractivity contribution in [3.05, 3.63) is 93.5 Å². The van der Waals surface area contributed by atoms with Gasteiger partial charge in [0.25, 0.3) is 10.0 Å². The van der Waals surface area contributed by atoms with Crippen LogP contribution in [0.5, 0.6) is 0 Å². The lowest BCUT2D eigenvalue weighted by Crippen LogP contribution is -2.51. The molecule has 2 amide bonds. The molecule has 0 bridgehead atoms. The second-order valence-electron chi connectivity index (χ2n) is 9.40. The summed E-state index contributed by atoms with van der Waals surface area (Å²) in [6.07, 6.45) is 0.736. The summed E-state index contributed by atoms with van der Waals surface area (Å²) < 4.78 is 28.7. The number of sulfonamides is 1. The first-order valence-electron chi connectivity index (χ1n) is 12.6. The van der Waals surface area contributed by atoms with Gasteiger partial charge in [0, 0.05) is 18.1 Å². The number of hydrogen-bond acceptors (Lipinski definition) is 4. The molecular weight excluding hydrogens is 557 g/mol. The van der Waals surface area contributed by atoms with E-state index in [1.54, 1.807) is 19.1 Å². The van der Waals surface area contributed by atoms with Crippen molar-refractivity contribution >= 4 is 50.7 Å². The van der Waals surface area contributed by atoms with Gasteiger partial charge in [0.2, 0.25) is 11.8 Å². The summed E-state index contributed by atoms with van der Waals surface area (Å²) >= 11 is 12.6. The molecule has 10 heteroatoms. The average molecular weight is 591 g/mol. The number of amides is 2. The second-order valence-corrected chi connectivity index (χ2v) is 12.1. The van der Waals surface area contributed by atoms with Gasteiger partial charge in [-0.1, -0.05) is 77.7 Å². The van der Waals surface area contributed by atoms with Crippen molar-refractivity contribution in [3.63, 3.8) is 0 Å². The zero-order valence-electron chi connectivity index (χ0n) is 22.4. The summed E-state index contributed by atoms with van der Waals surface area (Å²) in [6.45, 7) is 7.33. The Bertz CT molecular complexity index is 1430. The first-order chi connectivity index (χ1) is 18.4. The van der Waals surface area contributed by atoms with Crippen molar-refractivity contribution in [2.45, 2.75) is 51.6 Å². The van der Waals surface area contributed by atoms with Gasteiger partial charge in [-0.25, -0.2) is 8.42 Å². The fraction of sp³-hybridized carbons (Fsp3) is 0.310. The van der Waals surface area contributed by atoms with Crippen molar-refractivity contribution in [1.82, 2.24) is 10.2 Å². The minimum Gasteiger partial charge on any atom is -0.354 e. The lowest BCUT2D eigenvalue weighted by molar-refractivity contribution is -0.139. The van der Waals surface area contributed by atoms with Crippen LogP contribution in [0.2, 0.25) is 10.0 Å². The number of hydrogen-bond donors (Lipinski definition) is 1. The Morgan fingerprint density at radius 2 is 1.64 bits per heavy atom. The highest BCUT2D eigenvalue weighted by atomic mass is 35.5. The molecule has 0 aliphatic rings. The first kappa shape index (κ1) is 30.5. The maximum absolute atomic E-state index is 13.9. The normalized spacial score (nSPS) is 12.1. The van der Waals surface area contributed by atoms with Crippen LogP contribution in [0, 0.1) is 13.8 Å². The molecule has 3 aromatic rings. The van der Waals surface area contributed by atoms with Crippen LogP contribution >= 0.6 is 23.2 Å². The molecule has 208 valence electrons. The van der Waals surface area contributed by atoms with E-state index in [0.29, 0.717) is 6.54 Å². The zero-order chi connectivity index (χ0) is 28.7. The van der Waals surface area contributed by atoms with Gasteiger partial charge in [0.05, 0.1) is 15.6 Å². The van der Waals surface area contributed by atoms with Crippen molar-refractivity contribution < 1.29 is 18.0 Å². The number of nitrogens with one attached hydrogen (secondary N) is 1. The lowest BCUT2D eigenvalue weighted by Gasteiger charge is -2.32. The molecule has 0 aliphatic carbocycles. The van der Waals surface area contributed by atoms with Crippen molar-refractivity contribution in [2.75, 3.05) is 17.4 Å². The number of anilines is 1. The summed E-state index contributed by atoms with van der Waals surface area (Å²) in [4.78, 5) is 28.2. The molecule has 1 N–H and O–H groups in total. The molecule has 0 aliphatic heterocycles. The van der Waals surface area contributed by atoms with Crippen LogP contribution in [0.25, 0.3) is 0 Å². The molecule has 7 nitrogen and oxygen atoms in total. The van der Waals surface area contributed by atoms with Gasteiger partial charge in [-0.3, -0.25) is 13.9 Å². The molecule has 0 fully saturated rings. The monoisotopic (exact) mass is 589 g/mol. The molecule has 0 heterocycles. The predicted molar refractivity (Wildman–Crippen MR) is 157 cm³/mol. The Labute approximate surface area is 240 Å². The van der Waals surface area contributed by atoms with Crippen LogP contribution in [0.15, 0.2) is 71.6 Å². The van der Waals surface area contributed by atoms with Crippen LogP contribution in [-0.2, 0) is 26.2 Å². The maximum Gasteiger partial charge on any atom is 0.264 e. The van der Waals surface area contributed by atoms with Crippen LogP contribution in [0.1, 0.15) is 37.0 Å². The topological polar surface area (TPSA) is 86.8 Å². The quantitative estimate of drug-likeness (QED) is 0.308. The second kappa shape index (κ2) is 13.3. The number of carbonyl (C=O) groups is 2. The summed E-state index contributed by atoms with van der Waals surface area (Å²) in [6, 6.07) is 17.5. The van der Waals surface area contributed by atoms with Gasteiger partial charge in [0.1, 0.15) is 12.6 Å².